The van der Waals surface area contributed by atoms with E-state index in [1.165, 1.54) is 0 Å². The van der Waals surface area contributed by atoms with Crippen LogP contribution in [-0.4, -0.2) is 30.2 Å². The van der Waals surface area contributed by atoms with E-state index in [1.807, 2.05) is 36.2 Å². The fourth-order valence-electron chi connectivity index (χ4n) is 1.73. The number of hydrogen-bond donors (Lipinski definition) is 1. The number of carbonyl (C=O) groups is 1. The number of nitrogens with zero attached hydrogens (tertiary/aromatic N) is 2. The molecule has 0 bridgehead atoms. The Hall–Kier alpha value is -2.08. The van der Waals surface area contributed by atoms with E-state index in [-0.39, 0.29) is 4.88 Å². The first-order valence-electron chi connectivity index (χ1n) is 5.62. The van der Waals surface area contributed by atoms with E-state index < -0.39 is 5.97 Å². The fourth-order valence-corrected chi connectivity index (χ4v) is 2.62. The van der Waals surface area contributed by atoms with Crippen LogP contribution in [0.15, 0.2) is 24.3 Å². The van der Waals surface area contributed by atoms with Gasteiger partial charge < -0.3 is 14.7 Å². The molecule has 19 heavy (non-hydrogen) atoms. The van der Waals surface area contributed by atoms with Gasteiger partial charge in [-0.05, 0) is 19.1 Å². The first-order chi connectivity index (χ1) is 9.04. The maximum atomic E-state index is 11.0. The average Bonchev–Trinajstić information content (AvgIpc) is 2.80. The molecule has 0 saturated carbocycles. The number of thiazole rings is 1. The summed E-state index contributed by atoms with van der Waals surface area (Å²) in [7, 11) is 3.43. The van der Waals surface area contributed by atoms with Gasteiger partial charge in [-0.25, -0.2) is 9.78 Å². The number of benzene rings is 1. The summed E-state index contributed by atoms with van der Waals surface area (Å²) in [4.78, 5) is 17.4. The van der Waals surface area contributed by atoms with Crippen molar-refractivity contribution in [3.8, 4) is 5.75 Å². The molecule has 0 aliphatic carbocycles. The van der Waals surface area contributed by atoms with Crippen molar-refractivity contribution >= 4 is 28.1 Å². The van der Waals surface area contributed by atoms with Crippen LogP contribution >= 0.6 is 11.3 Å². The lowest BCUT2D eigenvalue weighted by Crippen LogP contribution is -2.10. The normalized spacial score (nSPS) is 10.3. The molecule has 0 aliphatic rings. The predicted octanol–water partition coefficient (Wildman–Crippen LogP) is 2.93. The molecule has 1 N–H and O–H groups in total. The molecule has 5 nitrogen and oxygen atoms in total. The lowest BCUT2D eigenvalue weighted by Gasteiger charge is -2.18. The second-order valence-corrected chi connectivity index (χ2v) is 4.92. The molecule has 1 aromatic carbocycles. The summed E-state index contributed by atoms with van der Waals surface area (Å²) in [5.41, 5.74) is 1.37. The molecule has 0 radical (unpaired) electrons. The molecule has 0 fully saturated rings. The van der Waals surface area contributed by atoms with E-state index in [9.17, 15) is 4.79 Å². The highest BCUT2D eigenvalue weighted by Gasteiger charge is 2.18. The summed E-state index contributed by atoms with van der Waals surface area (Å²) in [6, 6.07) is 7.53. The van der Waals surface area contributed by atoms with E-state index in [2.05, 4.69) is 4.98 Å². The molecular formula is C13H14N2O3S. The van der Waals surface area contributed by atoms with Gasteiger partial charge in [-0.2, -0.15) is 0 Å². The Kier molecular flexibility index (Phi) is 3.71. The Labute approximate surface area is 115 Å². The van der Waals surface area contributed by atoms with Crippen LogP contribution in [-0.2, 0) is 0 Å². The molecule has 2 aromatic rings. The van der Waals surface area contributed by atoms with Crippen molar-refractivity contribution < 1.29 is 14.6 Å². The molecular weight excluding hydrogens is 264 g/mol. The summed E-state index contributed by atoms with van der Waals surface area (Å²) in [6.07, 6.45) is 0. The van der Waals surface area contributed by atoms with Crippen molar-refractivity contribution in [2.75, 3.05) is 19.1 Å². The van der Waals surface area contributed by atoms with Gasteiger partial charge in [0.25, 0.3) is 0 Å². The molecule has 100 valence electrons. The van der Waals surface area contributed by atoms with E-state index in [1.54, 1.807) is 14.0 Å². The SMILES string of the molecule is COc1ccccc1N(C)c1nc(C)c(C(=O)O)s1. The summed E-state index contributed by atoms with van der Waals surface area (Å²) in [5.74, 6) is -0.232. The molecule has 0 amide bonds. The molecule has 2 rings (SSSR count). The standard InChI is InChI=1S/C13H14N2O3S/c1-8-11(12(16)17)19-13(14-8)15(2)9-6-4-5-7-10(9)18-3/h4-7H,1-3H3,(H,16,17). The zero-order valence-electron chi connectivity index (χ0n) is 10.9. The third-order valence-electron chi connectivity index (χ3n) is 2.71. The van der Waals surface area contributed by atoms with Gasteiger partial charge in [0.1, 0.15) is 10.6 Å². The number of para-hydroxylation sites is 2. The van der Waals surface area contributed by atoms with Crippen molar-refractivity contribution in [2.45, 2.75) is 6.92 Å². The van der Waals surface area contributed by atoms with Gasteiger partial charge in [0, 0.05) is 7.05 Å². The first kappa shape index (κ1) is 13.4. The first-order valence-corrected chi connectivity index (χ1v) is 6.43. The topological polar surface area (TPSA) is 62.7 Å². The second-order valence-electron chi connectivity index (χ2n) is 3.95. The van der Waals surface area contributed by atoms with Gasteiger partial charge >= 0.3 is 5.97 Å². The van der Waals surface area contributed by atoms with Gasteiger partial charge in [0.05, 0.1) is 18.5 Å². The number of carboxylic acids is 1. The van der Waals surface area contributed by atoms with Crippen molar-refractivity contribution in [3.63, 3.8) is 0 Å². The van der Waals surface area contributed by atoms with Gasteiger partial charge in [-0.15, -0.1) is 0 Å². The van der Waals surface area contributed by atoms with E-state index in [4.69, 9.17) is 9.84 Å². The number of carboxylic acid groups (broad SMARTS) is 1. The summed E-state index contributed by atoms with van der Waals surface area (Å²) >= 11 is 1.15. The van der Waals surface area contributed by atoms with E-state index in [0.29, 0.717) is 10.8 Å². The van der Waals surface area contributed by atoms with Crippen LogP contribution in [0, 0.1) is 6.92 Å². The van der Waals surface area contributed by atoms with Crippen LogP contribution < -0.4 is 9.64 Å². The highest BCUT2D eigenvalue weighted by Crippen LogP contribution is 2.35. The fraction of sp³-hybridized carbons (Fsp3) is 0.231. The number of hydrogen-bond acceptors (Lipinski definition) is 5. The molecule has 0 unspecified atom stereocenters. The van der Waals surface area contributed by atoms with Crippen molar-refractivity contribution in [1.29, 1.82) is 0 Å². The third-order valence-corrected chi connectivity index (χ3v) is 3.93. The Balaban J connectivity index is 2.41. The smallest absolute Gasteiger partial charge is 0.347 e. The number of anilines is 2. The number of aromatic carboxylic acids is 1. The van der Waals surface area contributed by atoms with Crippen LogP contribution in [0.4, 0.5) is 10.8 Å². The Morgan fingerprint density at radius 3 is 2.68 bits per heavy atom. The molecule has 0 saturated heterocycles. The minimum atomic E-state index is -0.949. The lowest BCUT2D eigenvalue weighted by molar-refractivity contribution is 0.0701. The highest BCUT2D eigenvalue weighted by atomic mass is 32.1. The monoisotopic (exact) mass is 278 g/mol. The number of aryl methyl sites for hydroxylation is 1. The van der Waals surface area contributed by atoms with Crippen molar-refractivity contribution in [2.24, 2.45) is 0 Å². The van der Waals surface area contributed by atoms with Gasteiger partial charge in [-0.3, -0.25) is 0 Å². The molecule has 0 atom stereocenters. The van der Waals surface area contributed by atoms with Crippen LogP contribution in [0.3, 0.4) is 0 Å². The molecule has 1 heterocycles. The number of ether oxygens (including phenoxy) is 1. The van der Waals surface area contributed by atoms with Crippen LogP contribution in [0.2, 0.25) is 0 Å². The van der Waals surface area contributed by atoms with E-state index >= 15 is 0 Å². The maximum Gasteiger partial charge on any atom is 0.347 e. The minimum Gasteiger partial charge on any atom is -0.495 e. The van der Waals surface area contributed by atoms with Gasteiger partial charge in [-0.1, -0.05) is 23.5 Å². The van der Waals surface area contributed by atoms with Gasteiger partial charge in [0.2, 0.25) is 0 Å². The van der Waals surface area contributed by atoms with Crippen LogP contribution in [0.1, 0.15) is 15.4 Å². The number of methoxy groups -OCH3 is 1. The molecule has 6 heteroatoms. The van der Waals surface area contributed by atoms with Gasteiger partial charge in [0.15, 0.2) is 5.13 Å². The predicted molar refractivity (Wildman–Crippen MR) is 74.9 cm³/mol. The zero-order valence-corrected chi connectivity index (χ0v) is 11.7. The van der Waals surface area contributed by atoms with E-state index in [0.717, 1.165) is 22.8 Å². The number of aromatic nitrogens is 1. The third kappa shape index (κ3) is 2.53. The van der Waals surface area contributed by atoms with Crippen molar-refractivity contribution in [3.05, 3.63) is 34.8 Å². The largest absolute Gasteiger partial charge is 0.495 e. The summed E-state index contributed by atoms with van der Waals surface area (Å²) in [5, 5.41) is 9.68. The Morgan fingerprint density at radius 2 is 2.11 bits per heavy atom. The summed E-state index contributed by atoms with van der Waals surface area (Å²) in [6.45, 7) is 1.69. The van der Waals surface area contributed by atoms with Crippen LogP contribution in [0.25, 0.3) is 0 Å². The van der Waals surface area contributed by atoms with Crippen LogP contribution in [0.5, 0.6) is 5.75 Å². The zero-order chi connectivity index (χ0) is 14.0. The molecule has 0 aliphatic heterocycles. The quantitative estimate of drug-likeness (QED) is 0.931. The lowest BCUT2D eigenvalue weighted by atomic mass is 10.3. The minimum absolute atomic E-state index is 0.261. The Bertz CT molecular complexity index is 610. The molecule has 1 aromatic heterocycles. The number of rotatable bonds is 4. The highest BCUT2D eigenvalue weighted by molar-refractivity contribution is 7.17. The maximum absolute atomic E-state index is 11.0. The second kappa shape index (κ2) is 5.27. The van der Waals surface area contributed by atoms with Crippen molar-refractivity contribution in [1.82, 2.24) is 4.98 Å². The molecule has 0 spiro atoms. The average molecular weight is 278 g/mol. The Morgan fingerprint density at radius 1 is 1.42 bits per heavy atom. The summed E-state index contributed by atoms with van der Waals surface area (Å²) < 4.78 is 5.29.